The Balaban J connectivity index is 1.77. The highest BCUT2D eigenvalue weighted by atomic mass is 16.5. The van der Waals surface area contributed by atoms with E-state index in [1.807, 2.05) is 24.3 Å². The summed E-state index contributed by atoms with van der Waals surface area (Å²) in [5, 5.41) is 6.43. The molecule has 1 atom stereocenters. The van der Waals surface area contributed by atoms with E-state index in [1.165, 1.54) is 19.3 Å². The Labute approximate surface area is 120 Å². The Morgan fingerprint density at radius 2 is 2.35 bits per heavy atom. The van der Waals surface area contributed by atoms with Crippen molar-refractivity contribution in [1.29, 1.82) is 0 Å². The summed E-state index contributed by atoms with van der Waals surface area (Å²) in [6.45, 7) is 1.65. The minimum atomic E-state index is 0.0898. The van der Waals surface area contributed by atoms with Gasteiger partial charge in [0.1, 0.15) is 0 Å². The van der Waals surface area contributed by atoms with Crippen LogP contribution in [0.2, 0.25) is 0 Å². The van der Waals surface area contributed by atoms with E-state index in [-0.39, 0.29) is 5.91 Å². The van der Waals surface area contributed by atoms with E-state index in [2.05, 4.69) is 10.6 Å². The van der Waals surface area contributed by atoms with E-state index < -0.39 is 0 Å². The molecule has 1 aromatic rings. The van der Waals surface area contributed by atoms with Crippen LogP contribution in [0.5, 0.6) is 0 Å². The van der Waals surface area contributed by atoms with E-state index in [1.54, 1.807) is 7.11 Å². The molecule has 0 aliphatic carbocycles. The largest absolute Gasteiger partial charge is 0.380 e. The summed E-state index contributed by atoms with van der Waals surface area (Å²) in [7, 11) is 1.67. The molecule has 4 heteroatoms. The number of nitrogens with one attached hydrogen (secondary N) is 2. The zero-order valence-corrected chi connectivity index (χ0v) is 12.2. The van der Waals surface area contributed by atoms with Crippen LogP contribution in [0.25, 0.3) is 0 Å². The standard InChI is InChI=1S/C16H24N2O2/c1-20-12-13-5-4-7-15(11-13)18-16(19)9-8-14-6-2-3-10-17-14/h4-5,7,11,14,17H,2-3,6,8-10,12H2,1H3,(H,18,19). The summed E-state index contributed by atoms with van der Waals surface area (Å²) in [6.07, 6.45) is 5.22. The second kappa shape index (κ2) is 8.02. The SMILES string of the molecule is COCc1cccc(NC(=O)CCC2CCCCN2)c1. The fourth-order valence-corrected chi connectivity index (χ4v) is 2.60. The zero-order valence-electron chi connectivity index (χ0n) is 12.2. The number of ether oxygens (including phenoxy) is 1. The molecular formula is C16H24N2O2. The van der Waals surface area contributed by atoms with Crippen molar-refractivity contribution in [1.82, 2.24) is 5.32 Å². The number of anilines is 1. The second-order valence-electron chi connectivity index (χ2n) is 5.37. The van der Waals surface area contributed by atoms with Crippen molar-refractivity contribution in [3.63, 3.8) is 0 Å². The van der Waals surface area contributed by atoms with Gasteiger partial charge in [-0.3, -0.25) is 4.79 Å². The topological polar surface area (TPSA) is 50.4 Å². The molecule has 110 valence electrons. The average Bonchev–Trinajstić information content (AvgIpc) is 2.47. The van der Waals surface area contributed by atoms with Crippen molar-refractivity contribution in [2.75, 3.05) is 19.0 Å². The lowest BCUT2D eigenvalue weighted by atomic mass is 10.0. The summed E-state index contributed by atoms with van der Waals surface area (Å²) in [6, 6.07) is 8.31. The smallest absolute Gasteiger partial charge is 0.224 e. The Kier molecular flexibility index (Phi) is 6.02. The lowest BCUT2D eigenvalue weighted by Crippen LogP contribution is -2.34. The number of piperidine rings is 1. The van der Waals surface area contributed by atoms with Gasteiger partial charge in [0, 0.05) is 25.3 Å². The third-order valence-corrected chi connectivity index (χ3v) is 3.65. The van der Waals surface area contributed by atoms with Gasteiger partial charge >= 0.3 is 0 Å². The van der Waals surface area contributed by atoms with E-state index in [0.717, 1.165) is 24.2 Å². The molecule has 0 radical (unpaired) electrons. The van der Waals surface area contributed by atoms with Crippen LogP contribution in [0, 0.1) is 0 Å². The van der Waals surface area contributed by atoms with Gasteiger partial charge in [-0.2, -0.15) is 0 Å². The number of methoxy groups -OCH3 is 1. The summed E-state index contributed by atoms with van der Waals surface area (Å²) in [4.78, 5) is 12.0. The summed E-state index contributed by atoms with van der Waals surface area (Å²) >= 11 is 0. The number of carbonyl (C=O) groups excluding carboxylic acids is 1. The summed E-state index contributed by atoms with van der Waals surface area (Å²) < 4.78 is 5.09. The van der Waals surface area contributed by atoms with E-state index in [9.17, 15) is 4.79 Å². The number of hydrogen-bond acceptors (Lipinski definition) is 3. The normalized spacial score (nSPS) is 18.8. The van der Waals surface area contributed by atoms with Crippen molar-refractivity contribution in [3.8, 4) is 0 Å². The quantitative estimate of drug-likeness (QED) is 0.840. The van der Waals surface area contributed by atoms with Gasteiger partial charge in [0.25, 0.3) is 0 Å². The summed E-state index contributed by atoms with van der Waals surface area (Å²) in [5.74, 6) is 0.0898. The Morgan fingerprint density at radius 3 is 3.10 bits per heavy atom. The molecule has 1 saturated heterocycles. The minimum Gasteiger partial charge on any atom is -0.380 e. The molecular weight excluding hydrogens is 252 g/mol. The zero-order chi connectivity index (χ0) is 14.2. The van der Waals surface area contributed by atoms with Gasteiger partial charge in [-0.25, -0.2) is 0 Å². The first kappa shape index (κ1) is 15.0. The molecule has 2 rings (SSSR count). The third-order valence-electron chi connectivity index (χ3n) is 3.65. The summed E-state index contributed by atoms with van der Waals surface area (Å²) in [5.41, 5.74) is 1.92. The van der Waals surface area contributed by atoms with Gasteiger partial charge in [-0.05, 0) is 43.5 Å². The first-order chi connectivity index (χ1) is 9.78. The maximum atomic E-state index is 12.0. The molecule has 4 nitrogen and oxygen atoms in total. The highest BCUT2D eigenvalue weighted by Gasteiger charge is 2.14. The molecule has 0 aromatic heterocycles. The number of rotatable bonds is 6. The fourth-order valence-electron chi connectivity index (χ4n) is 2.60. The van der Waals surface area contributed by atoms with Gasteiger partial charge in [0.15, 0.2) is 0 Å². The van der Waals surface area contributed by atoms with Gasteiger partial charge in [0.05, 0.1) is 6.61 Å². The molecule has 1 fully saturated rings. The number of hydrogen-bond donors (Lipinski definition) is 2. The first-order valence-electron chi connectivity index (χ1n) is 7.39. The molecule has 0 spiro atoms. The molecule has 20 heavy (non-hydrogen) atoms. The van der Waals surface area contributed by atoms with Gasteiger partial charge in [-0.15, -0.1) is 0 Å². The Hall–Kier alpha value is -1.39. The van der Waals surface area contributed by atoms with E-state index >= 15 is 0 Å². The molecule has 2 N–H and O–H groups in total. The molecule has 1 amide bonds. The lowest BCUT2D eigenvalue weighted by molar-refractivity contribution is -0.116. The van der Waals surface area contributed by atoms with Crippen molar-refractivity contribution in [2.45, 2.75) is 44.8 Å². The lowest BCUT2D eigenvalue weighted by Gasteiger charge is -2.23. The third kappa shape index (κ3) is 4.94. The predicted octanol–water partition coefficient (Wildman–Crippen LogP) is 2.69. The maximum absolute atomic E-state index is 12.0. The fraction of sp³-hybridized carbons (Fsp3) is 0.562. The van der Waals surface area contributed by atoms with Gasteiger partial charge < -0.3 is 15.4 Å². The van der Waals surface area contributed by atoms with Crippen LogP contribution in [0.15, 0.2) is 24.3 Å². The molecule has 1 aliphatic rings. The van der Waals surface area contributed by atoms with Crippen LogP contribution >= 0.6 is 0 Å². The van der Waals surface area contributed by atoms with Crippen molar-refractivity contribution in [3.05, 3.63) is 29.8 Å². The number of carbonyl (C=O) groups is 1. The first-order valence-corrected chi connectivity index (χ1v) is 7.39. The number of amides is 1. The van der Waals surface area contributed by atoms with E-state index in [4.69, 9.17) is 4.74 Å². The van der Waals surface area contributed by atoms with Crippen molar-refractivity contribution < 1.29 is 9.53 Å². The van der Waals surface area contributed by atoms with Crippen molar-refractivity contribution in [2.24, 2.45) is 0 Å². The number of benzene rings is 1. The minimum absolute atomic E-state index is 0.0898. The highest BCUT2D eigenvalue weighted by molar-refractivity contribution is 5.90. The second-order valence-corrected chi connectivity index (χ2v) is 5.37. The van der Waals surface area contributed by atoms with Crippen LogP contribution in [-0.4, -0.2) is 25.6 Å². The van der Waals surface area contributed by atoms with Crippen LogP contribution in [-0.2, 0) is 16.1 Å². The Bertz CT molecular complexity index is 428. The predicted molar refractivity (Wildman–Crippen MR) is 80.7 cm³/mol. The van der Waals surface area contributed by atoms with Crippen LogP contribution < -0.4 is 10.6 Å². The molecule has 1 aromatic carbocycles. The van der Waals surface area contributed by atoms with Crippen LogP contribution in [0.4, 0.5) is 5.69 Å². The average molecular weight is 276 g/mol. The molecule has 1 heterocycles. The van der Waals surface area contributed by atoms with Crippen molar-refractivity contribution >= 4 is 11.6 Å². The molecule has 0 bridgehead atoms. The highest BCUT2D eigenvalue weighted by Crippen LogP contribution is 2.14. The molecule has 0 saturated carbocycles. The maximum Gasteiger partial charge on any atom is 0.224 e. The van der Waals surface area contributed by atoms with Gasteiger partial charge in [-0.1, -0.05) is 18.6 Å². The monoisotopic (exact) mass is 276 g/mol. The van der Waals surface area contributed by atoms with Crippen LogP contribution in [0.3, 0.4) is 0 Å². The molecule has 1 unspecified atom stereocenters. The van der Waals surface area contributed by atoms with E-state index in [0.29, 0.717) is 19.1 Å². The molecule has 1 aliphatic heterocycles. The Morgan fingerprint density at radius 1 is 1.45 bits per heavy atom. The van der Waals surface area contributed by atoms with Gasteiger partial charge in [0.2, 0.25) is 5.91 Å². The van der Waals surface area contributed by atoms with Crippen LogP contribution in [0.1, 0.15) is 37.7 Å².